The van der Waals surface area contributed by atoms with E-state index in [-0.39, 0.29) is 18.2 Å². The molecule has 138 valence electrons. The molecule has 4 rings (SSSR count). The SMILES string of the molecule is CCc1ccc(S(=O)(=O)N2CCOc3ccc(-c4ccc(C#N)s4)cc32)o1. The molecular formula is C19H16N2O4S2. The van der Waals surface area contributed by atoms with Crippen LogP contribution in [0.5, 0.6) is 5.75 Å². The third kappa shape index (κ3) is 3.09. The number of fused-ring (bicyclic) bond motifs is 1. The van der Waals surface area contributed by atoms with E-state index in [0.29, 0.717) is 28.5 Å². The maximum Gasteiger partial charge on any atom is 0.298 e. The molecule has 6 nitrogen and oxygen atoms in total. The molecule has 0 saturated carbocycles. The van der Waals surface area contributed by atoms with Gasteiger partial charge in [0.15, 0.2) is 0 Å². The fourth-order valence-corrected chi connectivity index (χ4v) is 5.13. The van der Waals surface area contributed by atoms with Gasteiger partial charge in [-0.2, -0.15) is 13.7 Å². The van der Waals surface area contributed by atoms with E-state index in [2.05, 4.69) is 6.07 Å². The lowest BCUT2D eigenvalue weighted by atomic mass is 10.1. The first-order valence-corrected chi connectivity index (χ1v) is 10.7. The van der Waals surface area contributed by atoms with Gasteiger partial charge in [-0.3, -0.25) is 4.31 Å². The van der Waals surface area contributed by atoms with Crippen molar-refractivity contribution in [1.29, 1.82) is 5.26 Å². The number of nitrogens with zero attached hydrogens (tertiary/aromatic N) is 2. The summed E-state index contributed by atoms with van der Waals surface area (Å²) < 4.78 is 38.7. The van der Waals surface area contributed by atoms with Gasteiger partial charge in [-0.15, -0.1) is 11.3 Å². The molecule has 27 heavy (non-hydrogen) atoms. The van der Waals surface area contributed by atoms with E-state index in [0.717, 1.165) is 10.4 Å². The van der Waals surface area contributed by atoms with Crippen molar-refractivity contribution in [3.63, 3.8) is 0 Å². The summed E-state index contributed by atoms with van der Waals surface area (Å²) >= 11 is 1.36. The highest BCUT2D eigenvalue weighted by atomic mass is 32.2. The minimum atomic E-state index is -3.83. The maximum absolute atomic E-state index is 13.1. The molecule has 3 heterocycles. The van der Waals surface area contributed by atoms with Gasteiger partial charge in [-0.05, 0) is 48.0 Å². The van der Waals surface area contributed by atoms with Gasteiger partial charge >= 0.3 is 0 Å². The highest BCUT2D eigenvalue weighted by Crippen LogP contribution is 2.40. The largest absolute Gasteiger partial charge is 0.489 e. The lowest BCUT2D eigenvalue weighted by Gasteiger charge is -2.30. The van der Waals surface area contributed by atoms with Crippen LogP contribution in [0, 0.1) is 11.3 Å². The minimum Gasteiger partial charge on any atom is -0.489 e. The number of furan rings is 1. The Morgan fingerprint density at radius 2 is 2.07 bits per heavy atom. The molecule has 0 atom stereocenters. The topological polar surface area (TPSA) is 83.5 Å². The number of aryl methyl sites for hydroxylation is 1. The van der Waals surface area contributed by atoms with Crippen molar-refractivity contribution in [3.05, 3.63) is 53.1 Å². The monoisotopic (exact) mass is 400 g/mol. The second kappa shape index (κ2) is 6.76. The first-order chi connectivity index (χ1) is 13.0. The molecule has 0 N–H and O–H groups in total. The van der Waals surface area contributed by atoms with Gasteiger partial charge in [0.05, 0.1) is 12.2 Å². The van der Waals surface area contributed by atoms with E-state index in [1.165, 1.54) is 21.7 Å². The average molecular weight is 400 g/mol. The fraction of sp³-hybridized carbons (Fsp3) is 0.211. The number of hydrogen-bond acceptors (Lipinski definition) is 6. The Balaban J connectivity index is 1.78. The van der Waals surface area contributed by atoms with Gasteiger partial charge < -0.3 is 9.15 Å². The molecular weight excluding hydrogens is 384 g/mol. The van der Waals surface area contributed by atoms with Crippen LogP contribution in [0.4, 0.5) is 5.69 Å². The number of nitriles is 1. The molecule has 0 fully saturated rings. The molecule has 0 amide bonds. The summed E-state index contributed by atoms with van der Waals surface area (Å²) in [6.07, 6.45) is 0.624. The van der Waals surface area contributed by atoms with Crippen LogP contribution in [-0.4, -0.2) is 21.6 Å². The summed E-state index contributed by atoms with van der Waals surface area (Å²) in [7, 11) is -3.83. The first kappa shape index (κ1) is 17.6. The Hall–Kier alpha value is -2.76. The predicted molar refractivity (Wildman–Crippen MR) is 103 cm³/mol. The normalized spacial score (nSPS) is 13.7. The number of hydrogen-bond donors (Lipinski definition) is 0. The van der Waals surface area contributed by atoms with Gasteiger partial charge in [0.1, 0.15) is 29.1 Å². The van der Waals surface area contributed by atoms with E-state index >= 15 is 0 Å². The highest BCUT2D eigenvalue weighted by Gasteiger charge is 2.32. The lowest BCUT2D eigenvalue weighted by molar-refractivity contribution is 0.315. The maximum atomic E-state index is 13.1. The molecule has 0 aliphatic carbocycles. The molecule has 0 saturated heterocycles. The van der Waals surface area contributed by atoms with E-state index < -0.39 is 10.0 Å². The van der Waals surface area contributed by atoms with Crippen LogP contribution in [0.2, 0.25) is 0 Å². The molecule has 1 aliphatic heterocycles. The van der Waals surface area contributed by atoms with Gasteiger partial charge in [-0.25, -0.2) is 0 Å². The second-order valence-corrected chi connectivity index (χ2v) is 8.84. The Bertz CT molecular complexity index is 1140. The van der Waals surface area contributed by atoms with Crippen LogP contribution < -0.4 is 9.04 Å². The van der Waals surface area contributed by atoms with Crippen molar-refractivity contribution in [3.8, 4) is 22.3 Å². The molecule has 1 aromatic carbocycles. The van der Waals surface area contributed by atoms with Crippen LogP contribution in [0.1, 0.15) is 17.6 Å². The smallest absolute Gasteiger partial charge is 0.298 e. The Labute approximate surface area is 161 Å². The number of sulfonamides is 1. The van der Waals surface area contributed by atoms with Crippen molar-refractivity contribution in [2.45, 2.75) is 18.4 Å². The van der Waals surface area contributed by atoms with Crippen molar-refractivity contribution in [2.24, 2.45) is 0 Å². The zero-order valence-electron chi connectivity index (χ0n) is 14.5. The number of benzene rings is 1. The molecule has 8 heteroatoms. The Kier molecular flexibility index (Phi) is 4.42. The van der Waals surface area contributed by atoms with Crippen LogP contribution in [0.15, 0.2) is 52.0 Å². The zero-order valence-corrected chi connectivity index (χ0v) is 16.1. The molecule has 0 bridgehead atoms. The van der Waals surface area contributed by atoms with E-state index in [4.69, 9.17) is 14.4 Å². The highest BCUT2D eigenvalue weighted by molar-refractivity contribution is 7.92. The molecule has 0 radical (unpaired) electrons. The predicted octanol–water partition coefficient (Wildman–Crippen LogP) is 4.03. The first-order valence-electron chi connectivity index (χ1n) is 8.41. The van der Waals surface area contributed by atoms with Crippen molar-refractivity contribution in [1.82, 2.24) is 0 Å². The van der Waals surface area contributed by atoms with Crippen LogP contribution >= 0.6 is 11.3 Å². The zero-order chi connectivity index (χ0) is 19.0. The fourth-order valence-electron chi connectivity index (χ4n) is 2.94. The standard InChI is InChI=1S/C19H16N2O4S2/c1-2-14-4-8-19(25-14)27(22,23)21-9-10-24-17-6-3-13(11-16(17)21)18-7-5-15(12-20)26-18/h3-8,11H,2,9-10H2,1H3. The minimum absolute atomic E-state index is 0.0690. The van der Waals surface area contributed by atoms with Crippen molar-refractivity contribution >= 4 is 27.0 Å². The summed E-state index contributed by atoms with van der Waals surface area (Å²) in [5, 5.41) is 8.96. The second-order valence-electron chi connectivity index (χ2n) is 5.96. The van der Waals surface area contributed by atoms with Gasteiger partial charge in [0, 0.05) is 11.3 Å². The van der Waals surface area contributed by atoms with E-state index in [1.807, 2.05) is 19.1 Å². The molecule has 0 unspecified atom stereocenters. The van der Waals surface area contributed by atoms with E-state index in [9.17, 15) is 8.42 Å². The van der Waals surface area contributed by atoms with Gasteiger partial charge in [0.2, 0.25) is 5.09 Å². The summed E-state index contributed by atoms with van der Waals surface area (Å²) in [5.41, 5.74) is 1.31. The lowest BCUT2D eigenvalue weighted by Crippen LogP contribution is -2.37. The quantitative estimate of drug-likeness (QED) is 0.660. The third-order valence-electron chi connectivity index (χ3n) is 4.31. The summed E-state index contributed by atoms with van der Waals surface area (Å²) in [5.74, 6) is 1.13. The summed E-state index contributed by atoms with van der Waals surface area (Å²) in [6, 6.07) is 14.3. The Morgan fingerprint density at radius 3 is 2.78 bits per heavy atom. The van der Waals surface area contributed by atoms with Crippen LogP contribution in [0.3, 0.4) is 0 Å². The summed E-state index contributed by atoms with van der Waals surface area (Å²) in [6.45, 7) is 2.38. The third-order valence-corrected chi connectivity index (χ3v) is 7.04. The van der Waals surface area contributed by atoms with Gasteiger partial charge in [-0.1, -0.05) is 6.92 Å². The molecule has 2 aromatic heterocycles. The van der Waals surface area contributed by atoms with Crippen LogP contribution in [0.25, 0.3) is 10.4 Å². The van der Waals surface area contributed by atoms with E-state index in [1.54, 1.807) is 24.3 Å². The van der Waals surface area contributed by atoms with Gasteiger partial charge in [0.25, 0.3) is 10.0 Å². The molecule has 0 spiro atoms. The molecule has 3 aromatic rings. The summed E-state index contributed by atoms with van der Waals surface area (Å²) in [4.78, 5) is 1.50. The Morgan fingerprint density at radius 1 is 1.22 bits per heavy atom. The average Bonchev–Trinajstić information content (AvgIpc) is 3.36. The number of ether oxygens (including phenoxy) is 1. The van der Waals surface area contributed by atoms with Crippen molar-refractivity contribution < 1.29 is 17.6 Å². The number of thiophene rings is 1. The van der Waals surface area contributed by atoms with Crippen molar-refractivity contribution in [2.75, 3.05) is 17.5 Å². The molecule has 1 aliphatic rings. The number of rotatable bonds is 4. The number of anilines is 1. The van der Waals surface area contributed by atoms with Crippen LogP contribution in [-0.2, 0) is 16.4 Å².